The van der Waals surface area contributed by atoms with E-state index in [0.717, 1.165) is 17.1 Å². The lowest BCUT2D eigenvalue weighted by molar-refractivity contribution is 0.308. The van der Waals surface area contributed by atoms with Crippen LogP contribution in [0.2, 0.25) is 0 Å². The standard InChI is InChI=1S/C14H19N3O3/c1-4-19-12-7-5-6-11(14(12)18-3)8-15-9-13-16-10(2)20-17-13/h5-7,15H,4,8-9H2,1-3H3. The molecule has 0 aliphatic rings. The van der Waals surface area contributed by atoms with Crippen molar-refractivity contribution in [3.63, 3.8) is 0 Å². The van der Waals surface area contributed by atoms with Gasteiger partial charge in [0, 0.05) is 19.0 Å². The van der Waals surface area contributed by atoms with Crippen LogP contribution in [0, 0.1) is 6.92 Å². The van der Waals surface area contributed by atoms with Gasteiger partial charge in [0.2, 0.25) is 5.89 Å². The largest absolute Gasteiger partial charge is 0.493 e. The minimum Gasteiger partial charge on any atom is -0.493 e. The molecule has 1 N–H and O–H groups in total. The molecule has 1 aromatic heterocycles. The van der Waals surface area contributed by atoms with Crippen molar-refractivity contribution in [1.82, 2.24) is 15.5 Å². The van der Waals surface area contributed by atoms with E-state index in [1.54, 1.807) is 14.0 Å². The summed E-state index contributed by atoms with van der Waals surface area (Å²) in [6.07, 6.45) is 0. The molecule has 0 fully saturated rings. The Morgan fingerprint density at radius 2 is 2.15 bits per heavy atom. The van der Waals surface area contributed by atoms with Gasteiger partial charge in [0.15, 0.2) is 17.3 Å². The molecular weight excluding hydrogens is 258 g/mol. The second-order valence-electron chi connectivity index (χ2n) is 4.21. The van der Waals surface area contributed by atoms with E-state index in [0.29, 0.717) is 31.4 Å². The molecule has 0 unspecified atom stereocenters. The average Bonchev–Trinajstić information content (AvgIpc) is 2.85. The van der Waals surface area contributed by atoms with Crippen molar-refractivity contribution < 1.29 is 14.0 Å². The van der Waals surface area contributed by atoms with Crippen molar-refractivity contribution in [3.05, 3.63) is 35.5 Å². The molecule has 0 saturated carbocycles. The number of nitrogens with zero attached hydrogens (tertiary/aromatic N) is 2. The Labute approximate surface area is 118 Å². The number of rotatable bonds is 7. The highest BCUT2D eigenvalue weighted by Gasteiger charge is 2.10. The van der Waals surface area contributed by atoms with E-state index in [2.05, 4.69) is 15.5 Å². The third-order valence-corrected chi connectivity index (χ3v) is 2.73. The van der Waals surface area contributed by atoms with Crippen LogP contribution in [0.4, 0.5) is 0 Å². The first kappa shape index (κ1) is 14.3. The molecule has 0 amide bonds. The van der Waals surface area contributed by atoms with E-state index in [9.17, 15) is 0 Å². The number of hydrogen-bond donors (Lipinski definition) is 1. The molecule has 0 aliphatic carbocycles. The van der Waals surface area contributed by atoms with Crippen molar-refractivity contribution in [2.75, 3.05) is 13.7 Å². The fourth-order valence-corrected chi connectivity index (χ4v) is 1.92. The molecule has 0 radical (unpaired) electrons. The summed E-state index contributed by atoms with van der Waals surface area (Å²) in [6, 6.07) is 5.84. The fourth-order valence-electron chi connectivity index (χ4n) is 1.92. The van der Waals surface area contributed by atoms with Crippen LogP contribution >= 0.6 is 0 Å². The summed E-state index contributed by atoms with van der Waals surface area (Å²) >= 11 is 0. The molecule has 108 valence electrons. The number of hydrogen-bond acceptors (Lipinski definition) is 6. The Bertz CT molecular complexity index is 554. The minimum atomic E-state index is 0.541. The van der Waals surface area contributed by atoms with Crippen LogP contribution in [-0.4, -0.2) is 23.9 Å². The molecule has 1 aromatic carbocycles. The molecule has 0 aliphatic heterocycles. The van der Waals surface area contributed by atoms with E-state index in [-0.39, 0.29) is 0 Å². The number of ether oxygens (including phenoxy) is 2. The smallest absolute Gasteiger partial charge is 0.223 e. The van der Waals surface area contributed by atoms with E-state index in [1.807, 2.05) is 25.1 Å². The predicted octanol–water partition coefficient (Wildman–Crippen LogP) is 2.08. The van der Waals surface area contributed by atoms with Crippen molar-refractivity contribution >= 4 is 0 Å². The third-order valence-electron chi connectivity index (χ3n) is 2.73. The molecule has 6 nitrogen and oxygen atoms in total. The second-order valence-corrected chi connectivity index (χ2v) is 4.21. The molecule has 0 spiro atoms. The van der Waals surface area contributed by atoms with Crippen LogP contribution in [0.25, 0.3) is 0 Å². The number of aromatic nitrogens is 2. The van der Waals surface area contributed by atoms with Gasteiger partial charge in [-0.25, -0.2) is 0 Å². The number of aryl methyl sites for hydroxylation is 1. The van der Waals surface area contributed by atoms with Crippen molar-refractivity contribution in [3.8, 4) is 11.5 Å². The van der Waals surface area contributed by atoms with E-state index in [1.165, 1.54) is 0 Å². The first-order valence-electron chi connectivity index (χ1n) is 6.53. The molecule has 0 saturated heterocycles. The van der Waals surface area contributed by atoms with Crippen LogP contribution in [0.15, 0.2) is 22.7 Å². The maximum Gasteiger partial charge on any atom is 0.223 e. The molecule has 6 heteroatoms. The summed E-state index contributed by atoms with van der Waals surface area (Å²) < 4.78 is 15.9. The summed E-state index contributed by atoms with van der Waals surface area (Å²) in [5.41, 5.74) is 1.03. The Balaban J connectivity index is 1.99. The van der Waals surface area contributed by atoms with Crippen LogP contribution in [0.3, 0.4) is 0 Å². The van der Waals surface area contributed by atoms with Crippen LogP contribution < -0.4 is 14.8 Å². The zero-order valence-electron chi connectivity index (χ0n) is 12.0. The van der Waals surface area contributed by atoms with Crippen molar-refractivity contribution in [2.45, 2.75) is 26.9 Å². The molecule has 0 bridgehead atoms. The van der Waals surface area contributed by atoms with Gasteiger partial charge in [-0.3, -0.25) is 0 Å². The van der Waals surface area contributed by atoms with Crippen LogP contribution in [0.5, 0.6) is 11.5 Å². The Hall–Kier alpha value is -2.08. The predicted molar refractivity (Wildman–Crippen MR) is 73.7 cm³/mol. The summed E-state index contributed by atoms with van der Waals surface area (Å²) in [7, 11) is 1.64. The Kier molecular flexibility index (Phi) is 4.95. The fraction of sp³-hybridized carbons (Fsp3) is 0.429. The lowest BCUT2D eigenvalue weighted by atomic mass is 10.2. The van der Waals surface area contributed by atoms with Crippen LogP contribution in [-0.2, 0) is 13.1 Å². The zero-order chi connectivity index (χ0) is 14.4. The highest BCUT2D eigenvalue weighted by atomic mass is 16.5. The maximum atomic E-state index is 5.54. The molecule has 2 aromatic rings. The lowest BCUT2D eigenvalue weighted by Crippen LogP contribution is -2.14. The van der Waals surface area contributed by atoms with Crippen LogP contribution in [0.1, 0.15) is 24.2 Å². The molecular formula is C14H19N3O3. The Morgan fingerprint density at radius 3 is 2.80 bits per heavy atom. The first-order chi connectivity index (χ1) is 9.74. The minimum absolute atomic E-state index is 0.541. The van der Waals surface area contributed by atoms with Gasteiger partial charge in [-0.1, -0.05) is 17.3 Å². The van der Waals surface area contributed by atoms with Gasteiger partial charge >= 0.3 is 0 Å². The van der Waals surface area contributed by atoms with Gasteiger partial charge in [-0.15, -0.1) is 0 Å². The molecule has 1 heterocycles. The SMILES string of the molecule is CCOc1cccc(CNCc2noc(C)n2)c1OC. The maximum absolute atomic E-state index is 5.54. The molecule has 2 rings (SSSR count). The van der Waals surface area contributed by atoms with Gasteiger partial charge in [-0.05, 0) is 13.0 Å². The summed E-state index contributed by atoms with van der Waals surface area (Å²) in [5.74, 6) is 2.72. The summed E-state index contributed by atoms with van der Waals surface area (Å²) in [6.45, 7) is 5.50. The quantitative estimate of drug-likeness (QED) is 0.835. The van der Waals surface area contributed by atoms with Gasteiger partial charge < -0.3 is 19.3 Å². The third kappa shape index (κ3) is 3.48. The van der Waals surface area contributed by atoms with Gasteiger partial charge in [0.25, 0.3) is 0 Å². The summed E-state index contributed by atoms with van der Waals surface area (Å²) in [5, 5.41) is 7.09. The topological polar surface area (TPSA) is 69.4 Å². The van der Waals surface area contributed by atoms with Crippen molar-refractivity contribution in [1.29, 1.82) is 0 Å². The monoisotopic (exact) mass is 277 g/mol. The second kappa shape index (κ2) is 6.91. The highest BCUT2D eigenvalue weighted by Crippen LogP contribution is 2.30. The van der Waals surface area contributed by atoms with E-state index >= 15 is 0 Å². The Morgan fingerprint density at radius 1 is 1.30 bits per heavy atom. The number of benzene rings is 1. The van der Waals surface area contributed by atoms with E-state index < -0.39 is 0 Å². The van der Waals surface area contributed by atoms with Crippen molar-refractivity contribution in [2.24, 2.45) is 0 Å². The molecule has 20 heavy (non-hydrogen) atoms. The zero-order valence-corrected chi connectivity index (χ0v) is 12.0. The van der Waals surface area contributed by atoms with Gasteiger partial charge in [0.1, 0.15) is 0 Å². The molecule has 0 atom stereocenters. The van der Waals surface area contributed by atoms with Gasteiger partial charge in [-0.2, -0.15) is 4.98 Å². The van der Waals surface area contributed by atoms with Gasteiger partial charge in [0.05, 0.1) is 20.3 Å². The highest BCUT2D eigenvalue weighted by molar-refractivity contribution is 5.46. The average molecular weight is 277 g/mol. The first-order valence-corrected chi connectivity index (χ1v) is 6.53. The normalized spacial score (nSPS) is 10.6. The number of para-hydroxylation sites is 1. The number of methoxy groups -OCH3 is 1. The van der Waals surface area contributed by atoms with E-state index in [4.69, 9.17) is 14.0 Å². The lowest BCUT2D eigenvalue weighted by Gasteiger charge is -2.13. The number of nitrogens with one attached hydrogen (secondary N) is 1. The summed E-state index contributed by atoms with van der Waals surface area (Å²) in [4.78, 5) is 4.14.